The summed E-state index contributed by atoms with van der Waals surface area (Å²) in [6.45, 7) is 4.07. The van der Waals surface area contributed by atoms with E-state index in [0.717, 1.165) is 83.5 Å². The molecular formula is C85H152O5. The largest absolute Gasteiger partial charge is 0.462 e. The highest BCUT2D eigenvalue weighted by Crippen LogP contribution is 2.19. The summed E-state index contributed by atoms with van der Waals surface area (Å²) in [5.74, 6) is -0.576. The number of rotatable bonds is 74. The van der Waals surface area contributed by atoms with Crippen molar-refractivity contribution in [3.05, 3.63) is 97.2 Å². The zero-order chi connectivity index (χ0) is 64.7. The summed E-state index contributed by atoms with van der Waals surface area (Å²) in [5.41, 5.74) is 0. The normalized spacial score (nSPS) is 12.7. The quantitative estimate of drug-likeness (QED) is 0.0373. The Bertz CT molecular complexity index is 1660. The van der Waals surface area contributed by atoms with E-state index in [2.05, 4.69) is 111 Å². The van der Waals surface area contributed by atoms with Crippen molar-refractivity contribution in [1.29, 1.82) is 0 Å². The first-order valence-electron chi connectivity index (χ1n) is 39.8. The lowest BCUT2D eigenvalue weighted by Crippen LogP contribution is -2.28. The molecule has 0 bridgehead atoms. The fraction of sp³-hybridized carbons (Fsp3) is 0.788. The lowest BCUT2D eigenvalue weighted by molar-refractivity contribution is -0.161. The Labute approximate surface area is 561 Å². The molecule has 0 aromatic rings. The second kappa shape index (κ2) is 80.1. The molecule has 0 radical (unpaired) electrons. The standard InChI is InChI=1S/C85H152O5/c1-3-5-7-9-11-13-15-17-19-21-23-25-27-29-31-33-35-37-39-40-41-42-43-44-46-47-49-51-53-55-57-59-61-63-65-67-69-71-73-75-77-79-84(87)89-82-83(81-86)90-85(88)80-78-76-74-72-70-68-66-64-62-60-58-56-54-52-50-48-45-38-36-34-32-30-28-26-24-22-20-18-16-14-12-10-8-6-4-2/h6,8,12,14,18,20-21,23-24,26,30,32,36,38,48,50,83,86H,3-5,7,9-11,13,15-17,19,22,25,27-29,31,33-35,37,39-47,49,51-82H2,1-2H3/b8-6-,14-12-,20-18-,23-21-,26-24-,32-30-,38-36-,50-48-. The first kappa shape index (κ1) is 86.8. The lowest BCUT2D eigenvalue weighted by atomic mass is 10.0. The Balaban J connectivity index is 3.41. The first-order chi connectivity index (χ1) is 44.6. The molecule has 0 aliphatic rings. The molecule has 0 saturated heterocycles. The van der Waals surface area contributed by atoms with Crippen molar-refractivity contribution in [2.45, 2.75) is 418 Å². The Morgan fingerprint density at radius 3 is 0.733 bits per heavy atom. The number of hydrogen-bond donors (Lipinski definition) is 1. The van der Waals surface area contributed by atoms with E-state index < -0.39 is 6.10 Å². The number of aliphatic hydroxyl groups excluding tert-OH is 1. The van der Waals surface area contributed by atoms with E-state index in [9.17, 15) is 14.7 Å². The third-order valence-electron chi connectivity index (χ3n) is 17.9. The van der Waals surface area contributed by atoms with Gasteiger partial charge >= 0.3 is 11.9 Å². The van der Waals surface area contributed by atoms with E-state index in [4.69, 9.17) is 9.47 Å². The molecule has 0 aliphatic heterocycles. The maximum Gasteiger partial charge on any atom is 0.306 e. The smallest absolute Gasteiger partial charge is 0.306 e. The van der Waals surface area contributed by atoms with Crippen LogP contribution in [0.1, 0.15) is 412 Å². The van der Waals surface area contributed by atoms with E-state index in [1.165, 1.54) is 302 Å². The number of allylic oxidation sites excluding steroid dienone is 16. The maximum atomic E-state index is 12.4. The molecule has 0 spiro atoms. The molecule has 90 heavy (non-hydrogen) atoms. The number of esters is 2. The van der Waals surface area contributed by atoms with Crippen LogP contribution in [0.15, 0.2) is 97.2 Å². The van der Waals surface area contributed by atoms with Crippen LogP contribution < -0.4 is 0 Å². The molecule has 1 atom stereocenters. The van der Waals surface area contributed by atoms with Crippen LogP contribution in [-0.4, -0.2) is 36.4 Å². The zero-order valence-electron chi connectivity index (χ0n) is 60.1. The van der Waals surface area contributed by atoms with E-state index in [-0.39, 0.29) is 25.2 Å². The van der Waals surface area contributed by atoms with E-state index in [0.29, 0.717) is 12.8 Å². The molecule has 0 aliphatic carbocycles. The maximum absolute atomic E-state index is 12.4. The Kier molecular flexibility index (Phi) is 77.2. The third-order valence-corrected chi connectivity index (χ3v) is 17.9. The Morgan fingerprint density at radius 2 is 0.478 bits per heavy atom. The van der Waals surface area contributed by atoms with Gasteiger partial charge in [0.1, 0.15) is 6.61 Å². The molecular weight excluding hydrogens is 1100 g/mol. The second-order valence-corrected chi connectivity index (χ2v) is 26.8. The highest BCUT2D eigenvalue weighted by molar-refractivity contribution is 5.70. The van der Waals surface area contributed by atoms with Crippen molar-refractivity contribution in [2.75, 3.05) is 13.2 Å². The van der Waals surface area contributed by atoms with Crippen LogP contribution in [0, 0.1) is 0 Å². The SMILES string of the molecule is CC/C=C\C/C=C\C/C=C\C/C=C\C/C=C\C/C=C\C/C=C\CCCCCCCCCCCCCCCC(=O)OC(CO)COC(=O)CCCCCCCCCCCCCCCCCCCCCCCCCCCCCCC/C=C\CCCCCCCCCC. The summed E-state index contributed by atoms with van der Waals surface area (Å²) in [4.78, 5) is 24.7. The number of unbranched alkanes of at least 4 members (excludes halogenated alkanes) is 50. The van der Waals surface area contributed by atoms with Crippen LogP contribution in [0.3, 0.4) is 0 Å². The molecule has 522 valence electrons. The topological polar surface area (TPSA) is 72.8 Å². The summed E-state index contributed by atoms with van der Waals surface area (Å²) < 4.78 is 10.8. The van der Waals surface area contributed by atoms with E-state index in [1.54, 1.807) is 0 Å². The van der Waals surface area contributed by atoms with Crippen molar-refractivity contribution in [1.82, 2.24) is 0 Å². The van der Waals surface area contributed by atoms with Crippen molar-refractivity contribution in [3.8, 4) is 0 Å². The van der Waals surface area contributed by atoms with E-state index in [1.807, 2.05) is 0 Å². The van der Waals surface area contributed by atoms with Crippen LogP contribution in [-0.2, 0) is 19.1 Å². The molecule has 1 N–H and O–H groups in total. The van der Waals surface area contributed by atoms with Crippen LogP contribution in [0.25, 0.3) is 0 Å². The predicted molar refractivity (Wildman–Crippen MR) is 399 cm³/mol. The lowest BCUT2D eigenvalue weighted by Gasteiger charge is -2.15. The van der Waals surface area contributed by atoms with Crippen molar-refractivity contribution in [2.24, 2.45) is 0 Å². The van der Waals surface area contributed by atoms with Gasteiger partial charge in [0.05, 0.1) is 6.61 Å². The molecule has 0 aromatic carbocycles. The molecule has 5 heteroatoms. The first-order valence-corrected chi connectivity index (χ1v) is 39.8. The molecule has 0 aromatic heterocycles. The van der Waals surface area contributed by atoms with Gasteiger partial charge in [-0.3, -0.25) is 9.59 Å². The van der Waals surface area contributed by atoms with Crippen LogP contribution in [0.2, 0.25) is 0 Å². The van der Waals surface area contributed by atoms with Gasteiger partial charge in [-0.15, -0.1) is 0 Å². The molecule has 0 fully saturated rings. The van der Waals surface area contributed by atoms with Gasteiger partial charge in [-0.25, -0.2) is 0 Å². The van der Waals surface area contributed by atoms with Gasteiger partial charge < -0.3 is 14.6 Å². The molecule has 0 heterocycles. The average molecular weight is 1250 g/mol. The number of ether oxygens (including phenoxy) is 2. The van der Waals surface area contributed by atoms with Gasteiger partial charge in [0.2, 0.25) is 0 Å². The van der Waals surface area contributed by atoms with Gasteiger partial charge in [-0.1, -0.05) is 400 Å². The summed E-state index contributed by atoms with van der Waals surface area (Å²) in [6, 6.07) is 0. The third kappa shape index (κ3) is 77.3. The van der Waals surface area contributed by atoms with Crippen LogP contribution in [0.5, 0.6) is 0 Å². The highest BCUT2D eigenvalue weighted by Gasteiger charge is 2.16. The fourth-order valence-electron chi connectivity index (χ4n) is 11.9. The van der Waals surface area contributed by atoms with Gasteiger partial charge in [0.15, 0.2) is 6.10 Å². The van der Waals surface area contributed by atoms with Gasteiger partial charge in [0, 0.05) is 12.8 Å². The molecule has 5 nitrogen and oxygen atoms in total. The summed E-state index contributed by atoms with van der Waals surface area (Å²) in [6.07, 6.45) is 115. The van der Waals surface area contributed by atoms with Crippen molar-refractivity contribution in [3.63, 3.8) is 0 Å². The minimum Gasteiger partial charge on any atom is -0.462 e. The summed E-state index contributed by atoms with van der Waals surface area (Å²) in [5, 5.41) is 9.73. The fourth-order valence-corrected chi connectivity index (χ4v) is 11.9. The monoisotopic (exact) mass is 1250 g/mol. The average Bonchev–Trinajstić information content (AvgIpc) is 3.58. The minimum atomic E-state index is -0.777. The minimum absolute atomic E-state index is 0.0650. The van der Waals surface area contributed by atoms with Gasteiger partial charge in [0.25, 0.3) is 0 Å². The zero-order valence-corrected chi connectivity index (χ0v) is 60.1. The van der Waals surface area contributed by atoms with E-state index >= 15 is 0 Å². The van der Waals surface area contributed by atoms with Crippen LogP contribution in [0.4, 0.5) is 0 Å². The summed E-state index contributed by atoms with van der Waals surface area (Å²) in [7, 11) is 0. The number of carbonyl (C=O) groups excluding carboxylic acids is 2. The van der Waals surface area contributed by atoms with Gasteiger partial charge in [-0.05, 0) is 96.3 Å². The Morgan fingerprint density at radius 1 is 0.267 bits per heavy atom. The van der Waals surface area contributed by atoms with Crippen molar-refractivity contribution >= 4 is 11.9 Å². The van der Waals surface area contributed by atoms with Gasteiger partial charge in [-0.2, -0.15) is 0 Å². The molecule has 0 saturated carbocycles. The van der Waals surface area contributed by atoms with Crippen LogP contribution >= 0.6 is 0 Å². The number of aliphatic hydroxyl groups is 1. The van der Waals surface area contributed by atoms with Crippen molar-refractivity contribution < 1.29 is 24.2 Å². The molecule has 0 amide bonds. The predicted octanol–water partition coefficient (Wildman–Crippen LogP) is 28.1. The summed E-state index contributed by atoms with van der Waals surface area (Å²) >= 11 is 0. The number of carbonyl (C=O) groups is 2. The number of hydrogen-bond acceptors (Lipinski definition) is 5. The molecule has 0 rings (SSSR count). The molecule has 1 unspecified atom stereocenters. The highest BCUT2D eigenvalue weighted by atomic mass is 16.6. The Hall–Kier alpha value is -3.18. The second-order valence-electron chi connectivity index (χ2n) is 26.8.